The minimum Gasteiger partial charge on any atom is -0.459 e. The summed E-state index contributed by atoms with van der Waals surface area (Å²) in [5.74, 6) is 0.235. The van der Waals surface area contributed by atoms with Gasteiger partial charge >= 0.3 is 0 Å². The quantitative estimate of drug-likeness (QED) is 0.569. The first-order valence-electron chi connectivity index (χ1n) is 10.7. The molecule has 1 aliphatic carbocycles. The molecule has 0 bridgehead atoms. The number of rotatable bonds is 7. The molecule has 1 saturated carbocycles. The van der Waals surface area contributed by atoms with Crippen molar-refractivity contribution < 1.29 is 19.4 Å². The van der Waals surface area contributed by atoms with Crippen LogP contribution in [0, 0.1) is 0 Å². The van der Waals surface area contributed by atoms with Gasteiger partial charge in [-0.2, -0.15) is 0 Å². The summed E-state index contributed by atoms with van der Waals surface area (Å²) in [5, 5.41) is 15.6. The lowest BCUT2D eigenvalue weighted by atomic mass is 9.92. The molecule has 0 unspecified atom stereocenters. The maximum atomic E-state index is 12.7. The van der Waals surface area contributed by atoms with E-state index in [1.807, 2.05) is 42.5 Å². The van der Waals surface area contributed by atoms with Gasteiger partial charge in [0.25, 0.3) is 5.91 Å². The predicted molar refractivity (Wildman–Crippen MR) is 120 cm³/mol. The first-order valence-corrected chi connectivity index (χ1v) is 11.5. The second-order valence-corrected chi connectivity index (χ2v) is 9.05. The number of fused-ring (bicyclic) bond motifs is 1. The van der Waals surface area contributed by atoms with E-state index in [2.05, 4.69) is 22.8 Å². The zero-order chi connectivity index (χ0) is 21.2. The van der Waals surface area contributed by atoms with E-state index >= 15 is 0 Å². The summed E-state index contributed by atoms with van der Waals surface area (Å²) in [6.45, 7) is 0.401. The molecule has 2 aliphatic rings. The van der Waals surface area contributed by atoms with E-state index in [0.717, 1.165) is 24.0 Å². The molecule has 0 radical (unpaired) electrons. The van der Waals surface area contributed by atoms with E-state index in [4.69, 9.17) is 9.47 Å². The third-order valence-electron chi connectivity index (χ3n) is 5.75. The Labute approximate surface area is 185 Å². The van der Waals surface area contributed by atoms with Gasteiger partial charge in [-0.15, -0.1) is 11.3 Å². The van der Waals surface area contributed by atoms with E-state index in [-0.39, 0.29) is 24.5 Å². The van der Waals surface area contributed by atoms with E-state index in [1.54, 1.807) is 11.3 Å². The van der Waals surface area contributed by atoms with Crippen LogP contribution in [0.3, 0.4) is 0 Å². The van der Waals surface area contributed by atoms with E-state index in [1.165, 1.54) is 15.6 Å². The van der Waals surface area contributed by atoms with Crippen LogP contribution in [0.1, 0.15) is 41.9 Å². The summed E-state index contributed by atoms with van der Waals surface area (Å²) in [5.41, 5.74) is 3.07. The zero-order valence-electron chi connectivity index (χ0n) is 17.1. The molecule has 31 heavy (non-hydrogen) atoms. The Bertz CT molecular complexity index is 1100. The van der Waals surface area contributed by atoms with Crippen LogP contribution in [0.25, 0.3) is 10.1 Å². The highest BCUT2D eigenvalue weighted by Crippen LogP contribution is 2.38. The SMILES string of the molecule is O=C(NC1CC1)C1=C[C@@H](c2csc3ccccc23)C[C@@H](OCc2ccc(CO)cc2)O1. The zero-order valence-corrected chi connectivity index (χ0v) is 17.9. The van der Waals surface area contributed by atoms with Crippen molar-refractivity contribution in [3.8, 4) is 0 Å². The smallest absolute Gasteiger partial charge is 0.286 e. The van der Waals surface area contributed by atoms with Crippen LogP contribution in [0.5, 0.6) is 0 Å². The molecule has 1 fully saturated rings. The summed E-state index contributed by atoms with van der Waals surface area (Å²) >= 11 is 1.72. The summed E-state index contributed by atoms with van der Waals surface area (Å²) in [7, 11) is 0. The molecule has 0 spiro atoms. The fraction of sp³-hybridized carbons (Fsp3) is 0.320. The highest BCUT2D eigenvalue weighted by Gasteiger charge is 2.32. The Hall–Kier alpha value is -2.67. The van der Waals surface area contributed by atoms with Crippen LogP contribution >= 0.6 is 11.3 Å². The van der Waals surface area contributed by atoms with Crippen LogP contribution in [-0.4, -0.2) is 23.3 Å². The van der Waals surface area contributed by atoms with Crippen molar-refractivity contribution in [2.45, 2.75) is 50.7 Å². The van der Waals surface area contributed by atoms with Crippen molar-refractivity contribution in [1.29, 1.82) is 0 Å². The number of hydrogen-bond donors (Lipinski definition) is 2. The summed E-state index contributed by atoms with van der Waals surface area (Å²) in [6.07, 6.45) is 4.15. The number of carbonyl (C=O) groups excluding carboxylic acids is 1. The van der Waals surface area contributed by atoms with Gasteiger partial charge in [-0.1, -0.05) is 42.5 Å². The molecule has 3 aromatic rings. The lowest BCUT2D eigenvalue weighted by molar-refractivity contribution is -0.150. The number of nitrogens with one attached hydrogen (secondary N) is 1. The van der Waals surface area contributed by atoms with Crippen LogP contribution in [0.2, 0.25) is 0 Å². The molecule has 0 saturated heterocycles. The summed E-state index contributed by atoms with van der Waals surface area (Å²) in [4.78, 5) is 12.7. The number of allylic oxidation sites excluding steroid dienone is 1. The molecule has 1 amide bonds. The first-order chi connectivity index (χ1) is 15.2. The van der Waals surface area contributed by atoms with E-state index < -0.39 is 6.29 Å². The van der Waals surface area contributed by atoms with Crippen LogP contribution in [-0.2, 0) is 27.5 Å². The number of thiophene rings is 1. The minimum atomic E-state index is -0.508. The lowest BCUT2D eigenvalue weighted by Gasteiger charge is -2.29. The number of benzene rings is 2. The molecule has 160 valence electrons. The number of amides is 1. The highest BCUT2D eigenvalue weighted by atomic mass is 32.1. The average Bonchev–Trinajstić information content (AvgIpc) is 3.52. The van der Waals surface area contributed by atoms with Crippen molar-refractivity contribution in [1.82, 2.24) is 5.32 Å². The molecule has 2 aromatic carbocycles. The van der Waals surface area contributed by atoms with Crippen molar-refractivity contribution >= 4 is 27.3 Å². The predicted octanol–water partition coefficient (Wildman–Crippen LogP) is 4.60. The topological polar surface area (TPSA) is 67.8 Å². The maximum Gasteiger partial charge on any atom is 0.286 e. The monoisotopic (exact) mass is 435 g/mol. The van der Waals surface area contributed by atoms with Crippen molar-refractivity contribution in [2.24, 2.45) is 0 Å². The maximum absolute atomic E-state index is 12.7. The Morgan fingerprint density at radius 1 is 1.13 bits per heavy atom. The fourth-order valence-corrected chi connectivity index (χ4v) is 4.86. The van der Waals surface area contributed by atoms with Gasteiger partial charge in [0, 0.05) is 23.1 Å². The largest absolute Gasteiger partial charge is 0.459 e. The Balaban J connectivity index is 1.36. The molecule has 2 heterocycles. The van der Waals surface area contributed by atoms with Crippen molar-refractivity contribution in [3.05, 3.63) is 82.4 Å². The number of aliphatic hydroxyl groups is 1. The highest BCUT2D eigenvalue weighted by molar-refractivity contribution is 7.17. The third kappa shape index (κ3) is 4.66. The molecule has 6 heteroatoms. The fourth-order valence-electron chi connectivity index (χ4n) is 3.83. The first kappa shape index (κ1) is 20.2. The van der Waals surface area contributed by atoms with Gasteiger partial charge in [-0.3, -0.25) is 4.79 Å². The second kappa shape index (κ2) is 8.83. The molecule has 5 nitrogen and oxygen atoms in total. The van der Waals surface area contributed by atoms with Gasteiger partial charge < -0.3 is 19.9 Å². The molecule has 2 N–H and O–H groups in total. The number of carbonyl (C=O) groups is 1. The van der Waals surface area contributed by atoms with Crippen LogP contribution in [0.4, 0.5) is 0 Å². The number of aliphatic hydroxyl groups excluding tert-OH is 1. The summed E-state index contributed by atoms with van der Waals surface area (Å²) in [6, 6.07) is 16.3. The van der Waals surface area contributed by atoms with Gasteiger partial charge in [-0.05, 0) is 52.4 Å². The molecular formula is C25H25NO4S. The Kier molecular flexibility index (Phi) is 5.76. The van der Waals surface area contributed by atoms with Crippen molar-refractivity contribution in [2.75, 3.05) is 0 Å². The van der Waals surface area contributed by atoms with E-state index in [0.29, 0.717) is 18.8 Å². The molecule has 1 aliphatic heterocycles. The van der Waals surface area contributed by atoms with Crippen LogP contribution in [0.15, 0.2) is 65.7 Å². The summed E-state index contributed by atoms with van der Waals surface area (Å²) < 4.78 is 13.3. The van der Waals surface area contributed by atoms with E-state index in [9.17, 15) is 9.90 Å². The lowest BCUT2D eigenvalue weighted by Crippen LogP contribution is -2.33. The molecule has 1 aromatic heterocycles. The van der Waals surface area contributed by atoms with Gasteiger partial charge in [-0.25, -0.2) is 0 Å². The average molecular weight is 436 g/mol. The Morgan fingerprint density at radius 3 is 2.68 bits per heavy atom. The van der Waals surface area contributed by atoms with Gasteiger partial charge in [0.15, 0.2) is 5.76 Å². The Morgan fingerprint density at radius 2 is 1.90 bits per heavy atom. The van der Waals surface area contributed by atoms with Gasteiger partial charge in [0.2, 0.25) is 6.29 Å². The molecule has 5 rings (SSSR count). The van der Waals surface area contributed by atoms with Crippen molar-refractivity contribution in [3.63, 3.8) is 0 Å². The molecular weight excluding hydrogens is 410 g/mol. The molecule has 2 atom stereocenters. The standard InChI is InChI=1S/C25H25NO4S/c27-13-16-5-7-17(8-6-16)14-29-24-12-18(11-22(30-24)25(28)26-19-9-10-19)21-15-31-23-4-2-1-3-20(21)23/h1-8,11,15,18-19,24,27H,9-10,12-14H2,(H,26,28)/t18-,24+/m1/s1. The van der Waals surface area contributed by atoms with Crippen LogP contribution < -0.4 is 5.32 Å². The van der Waals surface area contributed by atoms with Gasteiger partial charge in [0.1, 0.15) is 0 Å². The van der Waals surface area contributed by atoms with Gasteiger partial charge in [0.05, 0.1) is 13.2 Å². The second-order valence-electron chi connectivity index (χ2n) is 8.14. The third-order valence-corrected chi connectivity index (χ3v) is 6.73. The normalized spacial score (nSPS) is 20.9. The minimum absolute atomic E-state index is 0.0212. The number of ether oxygens (including phenoxy) is 2. The number of hydrogen-bond acceptors (Lipinski definition) is 5.